The van der Waals surface area contributed by atoms with Gasteiger partial charge in [-0.2, -0.15) is 0 Å². The van der Waals surface area contributed by atoms with Gasteiger partial charge in [0.25, 0.3) is 0 Å². The standard InChI is InChI=1S/C17H30N2O2/c1-13(2)18-10-17-14(3)9-16(21-17)11-19(4)7-8-20-12-15-5-6-15/h9,13,15,18H,5-8,10-12H2,1-4H3. The van der Waals surface area contributed by atoms with Crippen LogP contribution in [0.25, 0.3) is 0 Å². The van der Waals surface area contributed by atoms with Gasteiger partial charge in [0.05, 0.1) is 19.7 Å². The lowest BCUT2D eigenvalue weighted by Gasteiger charge is -2.15. The molecule has 0 aromatic carbocycles. The van der Waals surface area contributed by atoms with Gasteiger partial charge in [-0.15, -0.1) is 0 Å². The van der Waals surface area contributed by atoms with Crippen LogP contribution in [0.2, 0.25) is 0 Å². The van der Waals surface area contributed by atoms with Crippen LogP contribution in [-0.2, 0) is 17.8 Å². The number of hydrogen-bond donors (Lipinski definition) is 1. The first-order valence-corrected chi connectivity index (χ1v) is 8.12. The molecule has 0 atom stereocenters. The maximum absolute atomic E-state index is 5.95. The van der Waals surface area contributed by atoms with Crippen LogP contribution in [0.15, 0.2) is 10.5 Å². The lowest BCUT2D eigenvalue weighted by molar-refractivity contribution is 0.0998. The second-order valence-corrected chi connectivity index (χ2v) is 6.61. The van der Waals surface area contributed by atoms with Crippen LogP contribution < -0.4 is 5.32 Å². The number of aryl methyl sites for hydroxylation is 1. The molecule has 1 aliphatic carbocycles. The molecule has 120 valence electrons. The van der Waals surface area contributed by atoms with Crippen LogP contribution in [0.4, 0.5) is 0 Å². The summed E-state index contributed by atoms with van der Waals surface area (Å²) < 4.78 is 11.6. The van der Waals surface area contributed by atoms with E-state index in [1.54, 1.807) is 0 Å². The molecule has 0 spiro atoms. The summed E-state index contributed by atoms with van der Waals surface area (Å²) in [6, 6.07) is 2.63. The van der Waals surface area contributed by atoms with Crippen molar-refractivity contribution in [3.63, 3.8) is 0 Å². The first kappa shape index (κ1) is 16.5. The van der Waals surface area contributed by atoms with Crippen molar-refractivity contribution in [3.8, 4) is 0 Å². The summed E-state index contributed by atoms with van der Waals surface area (Å²) in [5.41, 5.74) is 1.23. The van der Waals surface area contributed by atoms with E-state index in [0.29, 0.717) is 6.04 Å². The predicted molar refractivity (Wildman–Crippen MR) is 85.3 cm³/mol. The van der Waals surface area contributed by atoms with E-state index in [1.165, 1.54) is 18.4 Å². The van der Waals surface area contributed by atoms with E-state index in [2.05, 4.69) is 44.1 Å². The van der Waals surface area contributed by atoms with Crippen molar-refractivity contribution in [2.75, 3.05) is 26.8 Å². The van der Waals surface area contributed by atoms with Crippen molar-refractivity contribution < 1.29 is 9.15 Å². The molecule has 0 unspecified atom stereocenters. The molecule has 0 radical (unpaired) electrons. The molecule has 21 heavy (non-hydrogen) atoms. The second-order valence-electron chi connectivity index (χ2n) is 6.61. The monoisotopic (exact) mass is 294 g/mol. The van der Waals surface area contributed by atoms with E-state index in [4.69, 9.17) is 9.15 Å². The number of hydrogen-bond acceptors (Lipinski definition) is 4. The van der Waals surface area contributed by atoms with Crippen molar-refractivity contribution in [3.05, 3.63) is 23.2 Å². The Hall–Kier alpha value is -0.840. The highest BCUT2D eigenvalue weighted by Gasteiger charge is 2.21. The topological polar surface area (TPSA) is 37.6 Å². The Labute approximate surface area is 128 Å². The van der Waals surface area contributed by atoms with Gasteiger partial charge >= 0.3 is 0 Å². The Morgan fingerprint density at radius 1 is 1.43 bits per heavy atom. The average molecular weight is 294 g/mol. The maximum Gasteiger partial charge on any atom is 0.120 e. The van der Waals surface area contributed by atoms with Gasteiger partial charge in [0, 0.05) is 19.2 Å². The van der Waals surface area contributed by atoms with E-state index in [-0.39, 0.29) is 0 Å². The molecule has 1 saturated carbocycles. The molecule has 2 rings (SSSR count). The summed E-state index contributed by atoms with van der Waals surface area (Å²) in [6.07, 6.45) is 2.71. The van der Waals surface area contributed by atoms with Crippen LogP contribution in [0.5, 0.6) is 0 Å². The summed E-state index contributed by atoms with van der Waals surface area (Å²) in [5.74, 6) is 2.94. The normalized spacial score (nSPS) is 15.3. The Balaban J connectivity index is 1.69. The van der Waals surface area contributed by atoms with Crippen molar-refractivity contribution in [1.82, 2.24) is 10.2 Å². The number of nitrogens with one attached hydrogen (secondary N) is 1. The molecule has 4 nitrogen and oxygen atoms in total. The fourth-order valence-electron chi connectivity index (χ4n) is 2.24. The summed E-state index contributed by atoms with van der Waals surface area (Å²) in [7, 11) is 2.12. The Morgan fingerprint density at radius 2 is 2.19 bits per heavy atom. The third-order valence-electron chi connectivity index (χ3n) is 3.84. The molecule has 1 aromatic heterocycles. The van der Waals surface area contributed by atoms with E-state index in [9.17, 15) is 0 Å². The minimum Gasteiger partial charge on any atom is -0.463 e. The van der Waals surface area contributed by atoms with Crippen molar-refractivity contribution in [1.29, 1.82) is 0 Å². The lowest BCUT2D eigenvalue weighted by Crippen LogP contribution is -2.23. The number of furan rings is 1. The van der Waals surface area contributed by atoms with Gasteiger partial charge in [-0.1, -0.05) is 13.8 Å². The zero-order chi connectivity index (χ0) is 15.2. The molecular weight excluding hydrogens is 264 g/mol. The minimum absolute atomic E-state index is 0.476. The van der Waals surface area contributed by atoms with Gasteiger partial charge in [0.15, 0.2) is 0 Å². The van der Waals surface area contributed by atoms with Gasteiger partial charge in [0.1, 0.15) is 11.5 Å². The van der Waals surface area contributed by atoms with Crippen molar-refractivity contribution >= 4 is 0 Å². The fourth-order valence-corrected chi connectivity index (χ4v) is 2.24. The molecule has 4 heteroatoms. The summed E-state index contributed by atoms with van der Waals surface area (Å²) >= 11 is 0. The third-order valence-corrected chi connectivity index (χ3v) is 3.84. The van der Waals surface area contributed by atoms with Crippen molar-refractivity contribution in [2.45, 2.75) is 52.7 Å². The van der Waals surface area contributed by atoms with Gasteiger partial charge in [-0.05, 0) is 44.4 Å². The Morgan fingerprint density at radius 3 is 2.86 bits per heavy atom. The van der Waals surface area contributed by atoms with E-state index >= 15 is 0 Å². The molecule has 1 aromatic rings. The molecule has 1 fully saturated rings. The Kier molecular flexibility index (Phi) is 6.27. The highest BCUT2D eigenvalue weighted by molar-refractivity contribution is 5.20. The average Bonchev–Trinajstić information content (AvgIpc) is 3.17. The minimum atomic E-state index is 0.476. The first-order valence-electron chi connectivity index (χ1n) is 8.12. The molecule has 1 aliphatic rings. The first-order chi connectivity index (χ1) is 10.0. The second kappa shape index (κ2) is 7.97. The zero-order valence-corrected chi connectivity index (χ0v) is 13.9. The fraction of sp³-hybridized carbons (Fsp3) is 0.765. The van der Waals surface area contributed by atoms with Crippen LogP contribution in [0.3, 0.4) is 0 Å². The van der Waals surface area contributed by atoms with Crippen molar-refractivity contribution in [2.24, 2.45) is 5.92 Å². The van der Waals surface area contributed by atoms with Crippen LogP contribution >= 0.6 is 0 Å². The van der Waals surface area contributed by atoms with Crippen LogP contribution in [0.1, 0.15) is 43.8 Å². The molecule has 0 amide bonds. The molecule has 0 saturated heterocycles. The number of ether oxygens (including phenoxy) is 1. The molecule has 0 bridgehead atoms. The summed E-state index contributed by atoms with van der Waals surface area (Å²) in [5, 5.41) is 3.40. The number of likely N-dealkylation sites (N-methyl/N-ethyl adjacent to an activating group) is 1. The highest BCUT2D eigenvalue weighted by Crippen LogP contribution is 2.28. The largest absolute Gasteiger partial charge is 0.463 e. The molecular formula is C17H30N2O2. The smallest absolute Gasteiger partial charge is 0.120 e. The number of nitrogens with zero attached hydrogens (tertiary/aromatic N) is 1. The van der Waals surface area contributed by atoms with Crippen LogP contribution in [-0.4, -0.2) is 37.7 Å². The summed E-state index contributed by atoms with van der Waals surface area (Å²) in [4.78, 5) is 2.25. The molecule has 0 aliphatic heterocycles. The van der Waals surface area contributed by atoms with E-state index in [0.717, 1.165) is 50.3 Å². The predicted octanol–water partition coefficient (Wildman–Crippen LogP) is 2.94. The molecule has 1 heterocycles. The SMILES string of the molecule is Cc1cc(CN(C)CCOCC2CC2)oc1CNC(C)C. The summed E-state index contributed by atoms with van der Waals surface area (Å²) in [6.45, 7) is 10.8. The zero-order valence-electron chi connectivity index (χ0n) is 13.9. The molecule has 1 N–H and O–H groups in total. The quantitative estimate of drug-likeness (QED) is 0.673. The Bertz CT molecular complexity index is 424. The highest BCUT2D eigenvalue weighted by atomic mass is 16.5. The van der Waals surface area contributed by atoms with E-state index in [1.807, 2.05) is 0 Å². The lowest BCUT2D eigenvalue weighted by atomic mass is 10.2. The van der Waals surface area contributed by atoms with Gasteiger partial charge in [-0.3, -0.25) is 4.90 Å². The third kappa shape index (κ3) is 6.20. The van der Waals surface area contributed by atoms with Crippen LogP contribution in [0, 0.1) is 12.8 Å². The maximum atomic E-state index is 5.95. The number of rotatable bonds is 10. The van der Waals surface area contributed by atoms with Gasteiger partial charge in [0.2, 0.25) is 0 Å². The van der Waals surface area contributed by atoms with E-state index < -0.39 is 0 Å². The van der Waals surface area contributed by atoms with Gasteiger partial charge < -0.3 is 14.5 Å². The van der Waals surface area contributed by atoms with Gasteiger partial charge in [-0.25, -0.2) is 0 Å².